The first kappa shape index (κ1) is 16.3. The van der Waals surface area contributed by atoms with Gasteiger partial charge in [0.2, 0.25) is 0 Å². The Morgan fingerprint density at radius 3 is 2.10 bits per heavy atom. The molecule has 0 saturated heterocycles. The molecule has 0 aliphatic carbocycles. The quantitative estimate of drug-likeness (QED) is 0.348. The van der Waals surface area contributed by atoms with Crippen LogP contribution < -0.4 is 0 Å². The van der Waals surface area contributed by atoms with Gasteiger partial charge in [0.25, 0.3) is 0 Å². The lowest BCUT2D eigenvalue weighted by molar-refractivity contribution is -0.104. The maximum Gasteiger partial charge on any atom is 0.424 e. The smallest absolute Gasteiger partial charge is 0.298 e. The highest BCUT2D eigenvalue weighted by molar-refractivity contribution is 6.83. The van der Waals surface area contributed by atoms with E-state index >= 15 is 0 Å². The number of aldehydes is 1. The third kappa shape index (κ3) is 4.70. The number of alkyl halides is 3. The Labute approximate surface area is 117 Å². The molecular formula is C15H15F3OSi. The molecule has 1 nitrogen and oxygen atoms in total. The van der Waals surface area contributed by atoms with Crippen LogP contribution in [0, 0.1) is 11.5 Å². The average Bonchev–Trinajstić information content (AvgIpc) is 2.32. The van der Waals surface area contributed by atoms with Crippen molar-refractivity contribution >= 4 is 19.9 Å². The van der Waals surface area contributed by atoms with Crippen molar-refractivity contribution in [2.24, 2.45) is 0 Å². The molecule has 0 aliphatic heterocycles. The monoisotopic (exact) mass is 296 g/mol. The molecule has 1 aromatic carbocycles. The van der Waals surface area contributed by atoms with Gasteiger partial charge in [-0.15, -0.1) is 5.54 Å². The minimum Gasteiger partial charge on any atom is -0.298 e. The lowest BCUT2D eigenvalue weighted by atomic mass is 10.0. The van der Waals surface area contributed by atoms with Gasteiger partial charge in [0, 0.05) is 5.57 Å². The van der Waals surface area contributed by atoms with Crippen LogP contribution in [-0.4, -0.2) is 20.5 Å². The van der Waals surface area contributed by atoms with Crippen LogP contribution in [0.1, 0.15) is 5.56 Å². The molecule has 1 aromatic rings. The maximum absolute atomic E-state index is 13.1. The van der Waals surface area contributed by atoms with Crippen LogP contribution in [-0.2, 0) is 4.79 Å². The van der Waals surface area contributed by atoms with Crippen LogP contribution in [0.2, 0.25) is 19.6 Å². The largest absolute Gasteiger partial charge is 0.424 e. The molecule has 0 amide bonds. The summed E-state index contributed by atoms with van der Waals surface area (Å²) in [6.45, 7) is 5.53. The van der Waals surface area contributed by atoms with Crippen molar-refractivity contribution in [2.45, 2.75) is 25.8 Å². The standard InChI is InChI=1S/C15H15F3OSi/c1-20(2,3)10-9-14(15(16,17)18)13(11-19)12-7-5-4-6-8-12/h4-8,11H,1-3H3/b14-13+. The second-order valence-corrected chi connectivity index (χ2v) is 10.0. The van der Waals surface area contributed by atoms with Gasteiger partial charge in [0.1, 0.15) is 13.6 Å². The number of benzene rings is 1. The number of allylic oxidation sites excluding steroid dienone is 2. The molecule has 0 N–H and O–H groups in total. The maximum atomic E-state index is 13.1. The van der Waals surface area contributed by atoms with E-state index in [1.165, 1.54) is 12.1 Å². The van der Waals surface area contributed by atoms with Crippen LogP contribution in [0.4, 0.5) is 13.2 Å². The van der Waals surface area contributed by atoms with E-state index < -0.39 is 25.4 Å². The van der Waals surface area contributed by atoms with Gasteiger partial charge in [-0.2, -0.15) is 13.2 Å². The van der Waals surface area contributed by atoms with Crippen molar-refractivity contribution in [1.82, 2.24) is 0 Å². The van der Waals surface area contributed by atoms with Crippen LogP contribution in [0.15, 0.2) is 35.9 Å². The van der Waals surface area contributed by atoms with Crippen molar-refractivity contribution < 1.29 is 18.0 Å². The average molecular weight is 296 g/mol. The molecule has 20 heavy (non-hydrogen) atoms. The fourth-order valence-electron chi connectivity index (χ4n) is 1.43. The molecule has 0 radical (unpaired) electrons. The summed E-state index contributed by atoms with van der Waals surface area (Å²) in [4.78, 5) is 11.1. The number of rotatable bonds is 2. The van der Waals surface area contributed by atoms with Crippen LogP contribution >= 0.6 is 0 Å². The van der Waals surface area contributed by atoms with Crippen molar-refractivity contribution in [3.63, 3.8) is 0 Å². The minimum atomic E-state index is -4.64. The zero-order valence-electron chi connectivity index (χ0n) is 11.5. The first-order chi connectivity index (χ1) is 9.15. The first-order valence-corrected chi connectivity index (χ1v) is 9.50. The number of hydrogen-bond acceptors (Lipinski definition) is 1. The summed E-state index contributed by atoms with van der Waals surface area (Å²) in [6, 6.07) is 7.77. The molecule has 0 fully saturated rings. The highest BCUT2D eigenvalue weighted by atomic mass is 28.3. The fraction of sp³-hybridized carbons (Fsp3) is 0.267. The van der Waals surface area contributed by atoms with Crippen molar-refractivity contribution in [3.8, 4) is 11.5 Å². The summed E-state index contributed by atoms with van der Waals surface area (Å²) >= 11 is 0. The number of carbonyl (C=O) groups is 1. The van der Waals surface area contributed by atoms with Gasteiger partial charge in [0.15, 0.2) is 6.29 Å². The van der Waals surface area contributed by atoms with E-state index in [0.29, 0.717) is 0 Å². The second kappa shape index (κ2) is 6.10. The molecule has 0 unspecified atom stereocenters. The van der Waals surface area contributed by atoms with Gasteiger partial charge in [0.05, 0.1) is 0 Å². The molecule has 0 aromatic heterocycles. The van der Waals surface area contributed by atoms with Crippen molar-refractivity contribution in [3.05, 3.63) is 41.5 Å². The summed E-state index contributed by atoms with van der Waals surface area (Å²) in [6.07, 6.45) is -4.42. The third-order valence-corrected chi connectivity index (χ3v) is 3.19. The van der Waals surface area contributed by atoms with Crippen molar-refractivity contribution in [1.29, 1.82) is 0 Å². The SMILES string of the molecule is C[Si](C)(C)C#C/C(=C(/C=O)c1ccccc1)C(F)(F)F. The van der Waals surface area contributed by atoms with E-state index in [0.717, 1.165) is 0 Å². The van der Waals surface area contributed by atoms with Crippen molar-refractivity contribution in [2.75, 3.05) is 0 Å². The van der Waals surface area contributed by atoms with Gasteiger partial charge in [-0.05, 0) is 5.56 Å². The van der Waals surface area contributed by atoms with Crippen LogP contribution in [0.5, 0.6) is 0 Å². The molecule has 0 heterocycles. The Kier molecular flexibility index (Phi) is 4.96. The zero-order valence-corrected chi connectivity index (χ0v) is 12.5. The second-order valence-electron chi connectivity index (χ2n) is 5.27. The van der Waals surface area contributed by atoms with Gasteiger partial charge in [-0.3, -0.25) is 4.79 Å². The molecular weight excluding hydrogens is 281 g/mol. The number of carbonyl (C=O) groups excluding carboxylic acids is 1. The van der Waals surface area contributed by atoms with Gasteiger partial charge in [-0.1, -0.05) is 55.9 Å². The predicted molar refractivity (Wildman–Crippen MR) is 76.6 cm³/mol. The fourth-order valence-corrected chi connectivity index (χ4v) is 1.93. The molecule has 0 atom stereocenters. The molecule has 106 valence electrons. The Balaban J connectivity index is 3.51. The number of halogens is 3. The van der Waals surface area contributed by atoms with Gasteiger partial charge < -0.3 is 0 Å². The lowest BCUT2D eigenvalue weighted by Gasteiger charge is -2.11. The minimum absolute atomic E-state index is 0.219. The Morgan fingerprint density at radius 1 is 1.15 bits per heavy atom. The van der Waals surface area contributed by atoms with Crippen LogP contribution in [0.3, 0.4) is 0 Å². The third-order valence-electron chi connectivity index (χ3n) is 2.32. The normalized spacial score (nSPS) is 13.1. The summed E-state index contributed by atoms with van der Waals surface area (Å²) in [5.41, 5.74) is 1.41. The molecule has 0 spiro atoms. The van der Waals surface area contributed by atoms with E-state index in [2.05, 4.69) is 11.5 Å². The number of hydrogen-bond donors (Lipinski definition) is 0. The predicted octanol–water partition coefficient (Wildman–Crippen LogP) is 4.08. The van der Waals surface area contributed by atoms with Gasteiger partial charge in [-0.25, -0.2) is 0 Å². The summed E-state index contributed by atoms with van der Waals surface area (Å²) in [7, 11) is -1.97. The molecule has 5 heteroatoms. The van der Waals surface area contributed by atoms with Crippen LogP contribution in [0.25, 0.3) is 5.57 Å². The molecule has 0 saturated carbocycles. The molecule has 0 bridgehead atoms. The molecule has 1 rings (SSSR count). The summed E-state index contributed by atoms with van der Waals surface area (Å²) in [5.74, 6) is 2.18. The highest BCUT2D eigenvalue weighted by Gasteiger charge is 2.36. The Bertz CT molecular complexity index is 569. The highest BCUT2D eigenvalue weighted by Crippen LogP contribution is 2.31. The lowest BCUT2D eigenvalue weighted by Crippen LogP contribution is -2.19. The zero-order chi connectivity index (χ0) is 15.4. The van der Waals surface area contributed by atoms with E-state index in [1.807, 2.05) is 19.6 Å². The first-order valence-electron chi connectivity index (χ1n) is 6.00. The van der Waals surface area contributed by atoms with E-state index in [4.69, 9.17) is 0 Å². The van der Waals surface area contributed by atoms with Gasteiger partial charge >= 0.3 is 6.18 Å². The van der Waals surface area contributed by atoms with E-state index in [-0.39, 0.29) is 11.8 Å². The van der Waals surface area contributed by atoms with E-state index in [1.54, 1.807) is 18.2 Å². The Morgan fingerprint density at radius 2 is 1.70 bits per heavy atom. The molecule has 0 aliphatic rings. The topological polar surface area (TPSA) is 17.1 Å². The summed E-state index contributed by atoms with van der Waals surface area (Å²) in [5, 5.41) is 0. The van der Waals surface area contributed by atoms with E-state index in [9.17, 15) is 18.0 Å². The summed E-state index contributed by atoms with van der Waals surface area (Å²) < 4.78 is 39.3. The Hall–Kier alpha value is -1.80.